The number of halogens is 3. The standard InChI is InChI=1S/C33H34F3N3O4S2/c1-44-29-19-25(18-28(20-29)39(45(2,42)43)27-14-7-4-8-15-27)32(41)38-30(17-23-10-5-3-6-11-23)31(40)22-37-21-24-12-9-13-26(16-24)33(34,35)36/h3-16,18-20,30-31,37,40H,17,21-22H2,1-2H3,(H,38,41)/t30-,31+/m0/s1. The van der Waals surface area contributed by atoms with Gasteiger partial charge in [-0.1, -0.05) is 66.7 Å². The molecule has 0 saturated heterocycles. The molecular formula is C33H34F3N3O4S2. The van der Waals surface area contributed by atoms with E-state index in [0.717, 1.165) is 28.3 Å². The first kappa shape index (κ1) is 34.0. The summed E-state index contributed by atoms with van der Waals surface area (Å²) in [5.74, 6) is -0.522. The normalized spacial score (nSPS) is 13.2. The predicted octanol–water partition coefficient (Wildman–Crippen LogP) is 6.02. The number of alkyl halides is 3. The van der Waals surface area contributed by atoms with Crippen LogP contribution in [0.2, 0.25) is 0 Å². The van der Waals surface area contributed by atoms with Crippen molar-refractivity contribution in [3.63, 3.8) is 0 Å². The van der Waals surface area contributed by atoms with Crippen molar-refractivity contribution in [1.82, 2.24) is 10.6 Å². The molecule has 4 aromatic carbocycles. The number of nitrogens with zero attached hydrogens (tertiary/aromatic N) is 1. The summed E-state index contributed by atoms with van der Waals surface area (Å²) in [6.07, 6.45) is -2.41. The Balaban J connectivity index is 1.57. The number of aliphatic hydroxyl groups is 1. The minimum Gasteiger partial charge on any atom is -0.390 e. The Hall–Kier alpha value is -3.84. The van der Waals surface area contributed by atoms with Crippen LogP contribution in [-0.4, -0.2) is 50.6 Å². The molecule has 0 saturated carbocycles. The maximum atomic E-state index is 13.7. The number of para-hydroxylation sites is 1. The Morgan fingerprint density at radius 1 is 0.889 bits per heavy atom. The molecule has 0 aliphatic carbocycles. The molecule has 0 bridgehead atoms. The molecule has 4 aromatic rings. The average Bonchev–Trinajstić information content (AvgIpc) is 3.00. The number of aliphatic hydroxyl groups excluding tert-OH is 1. The van der Waals surface area contributed by atoms with Crippen molar-refractivity contribution in [2.24, 2.45) is 0 Å². The highest BCUT2D eigenvalue weighted by Gasteiger charge is 2.30. The molecule has 12 heteroatoms. The van der Waals surface area contributed by atoms with Crippen LogP contribution in [0, 0.1) is 0 Å². The summed E-state index contributed by atoms with van der Waals surface area (Å²) in [5, 5.41) is 17.1. The van der Waals surface area contributed by atoms with E-state index in [0.29, 0.717) is 16.1 Å². The van der Waals surface area contributed by atoms with E-state index in [-0.39, 0.29) is 30.8 Å². The van der Waals surface area contributed by atoms with Gasteiger partial charge in [0.2, 0.25) is 10.0 Å². The van der Waals surface area contributed by atoms with Crippen LogP contribution in [0.25, 0.3) is 0 Å². The van der Waals surface area contributed by atoms with Gasteiger partial charge in [-0.05, 0) is 60.2 Å². The lowest BCUT2D eigenvalue weighted by atomic mass is 10.00. The summed E-state index contributed by atoms with van der Waals surface area (Å²) in [6.45, 7) is 0.0624. The molecule has 0 aromatic heterocycles. The first-order valence-corrected chi connectivity index (χ1v) is 17.1. The summed E-state index contributed by atoms with van der Waals surface area (Å²) in [4.78, 5) is 14.3. The van der Waals surface area contributed by atoms with Crippen LogP contribution in [0.1, 0.15) is 27.0 Å². The SMILES string of the molecule is CSc1cc(C(=O)N[C@@H](Cc2ccccc2)[C@H](O)CNCc2cccc(C(F)(F)F)c2)cc(N(c2ccccc2)S(C)(=O)=O)c1. The highest BCUT2D eigenvalue weighted by Crippen LogP contribution is 2.33. The van der Waals surface area contributed by atoms with Crippen molar-refractivity contribution < 1.29 is 31.5 Å². The summed E-state index contributed by atoms with van der Waals surface area (Å²) >= 11 is 1.35. The van der Waals surface area contributed by atoms with Crippen LogP contribution >= 0.6 is 11.8 Å². The average molecular weight is 658 g/mol. The van der Waals surface area contributed by atoms with Gasteiger partial charge in [-0.15, -0.1) is 11.8 Å². The lowest BCUT2D eigenvalue weighted by Crippen LogP contribution is -2.48. The van der Waals surface area contributed by atoms with Gasteiger partial charge in [0.25, 0.3) is 5.91 Å². The second kappa shape index (κ2) is 15.0. The van der Waals surface area contributed by atoms with Gasteiger partial charge in [-0.2, -0.15) is 13.2 Å². The summed E-state index contributed by atoms with van der Waals surface area (Å²) < 4.78 is 66.3. The van der Waals surface area contributed by atoms with Gasteiger partial charge in [-0.25, -0.2) is 12.7 Å². The number of nitrogens with one attached hydrogen (secondary N) is 2. The van der Waals surface area contributed by atoms with E-state index in [1.807, 2.05) is 36.6 Å². The fourth-order valence-corrected chi connectivity index (χ4v) is 6.29. The number of carbonyl (C=O) groups excluding carboxylic acids is 1. The van der Waals surface area contributed by atoms with E-state index < -0.39 is 39.8 Å². The number of carbonyl (C=O) groups is 1. The zero-order valence-electron chi connectivity index (χ0n) is 24.7. The third-order valence-corrected chi connectivity index (χ3v) is 8.75. The highest BCUT2D eigenvalue weighted by molar-refractivity contribution is 7.98. The monoisotopic (exact) mass is 657 g/mol. The Kier molecular flexibility index (Phi) is 11.3. The fraction of sp³-hybridized carbons (Fsp3) is 0.242. The Morgan fingerprint density at radius 3 is 2.16 bits per heavy atom. The molecule has 0 unspecified atom stereocenters. The van der Waals surface area contributed by atoms with Crippen LogP contribution < -0.4 is 14.9 Å². The van der Waals surface area contributed by atoms with E-state index in [1.165, 1.54) is 23.9 Å². The number of anilines is 2. The molecule has 0 aliphatic heterocycles. The first-order valence-electron chi connectivity index (χ1n) is 14.0. The molecule has 0 fully saturated rings. The number of benzene rings is 4. The van der Waals surface area contributed by atoms with Crippen LogP contribution in [0.4, 0.5) is 24.5 Å². The van der Waals surface area contributed by atoms with Crippen LogP contribution in [-0.2, 0) is 29.2 Å². The van der Waals surface area contributed by atoms with Gasteiger partial charge < -0.3 is 15.7 Å². The molecule has 45 heavy (non-hydrogen) atoms. The molecule has 0 heterocycles. The molecule has 1 amide bonds. The van der Waals surface area contributed by atoms with Crippen LogP contribution in [0.3, 0.4) is 0 Å². The molecule has 4 rings (SSSR count). The number of rotatable bonds is 13. The van der Waals surface area contributed by atoms with Crippen molar-refractivity contribution >= 4 is 39.1 Å². The molecule has 0 radical (unpaired) electrons. The van der Waals surface area contributed by atoms with Crippen molar-refractivity contribution in [3.8, 4) is 0 Å². The number of sulfonamides is 1. The predicted molar refractivity (Wildman–Crippen MR) is 172 cm³/mol. The topological polar surface area (TPSA) is 98.7 Å². The number of thioether (sulfide) groups is 1. The third-order valence-electron chi connectivity index (χ3n) is 6.96. The van der Waals surface area contributed by atoms with Crippen LogP contribution in [0.15, 0.2) is 108 Å². The lowest BCUT2D eigenvalue weighted by molar-refractivity contribution is -0.137. The van der Waals surface area contributed by atoms with E-state index in [1.54, 1.807) is 48.5 Å². The van der Waals surface area contributed by atoms with Crippen molar-refractivity contribution in [3.05, 3.63) is 125 Å². The quantitative estimate of drug-likeness (QED) is 0.152. The lowest BCUT2D eigenvalue weighted by Gasteiger charge is -2.26. The van der Waals surface area contributed by atoms with Gasteiger partial charge in [0.05, 0.1) is 35.3 Å². The maximum Gasteiger partial charge on any atom is 0.416 e. The number of hydrogen-bond donors (Lipinski definition) is 3. The molecule has 0 aliphatic rings. The van der Waals surface area contributed by atoms with Crippen molar-refractivity contribution in [2.75, 3.05) is 23.4 Å². The second-order valence-electron chi connectivity index (χ2n) is 10.4. The van der Waals surface area contributed by atoms with Gasteiger partial charge in [0, 0.05) is 23.5 Å². The summed E-state index contributed by atoms with van der Waals surface area (Å²) in [6, 6.07) is 26.7. The van der Waals surface area contributed by atoms with E-state index in [2.05, 4.69) is 10.6 Å². The van der Waals surface area contributed by atoms with Gasteiger partial charge in [0.15, 0.2) is 0 Å². The maximum absolute atomic E-state index is 13.7. The summed E-state index contributed by atoms with van der Waals surface area (Å²) in [7, 11) is -3.78. The number of amides is 1. The molecule has 7 nitrogen and oxygen atoms in total. The number of hydrogen-bond acceptors (Lipinski definition) is 6. The molecule has 0 spiro atoms. The molecule has 3 N–H and O–H groups in total. The molecule has 2 atom stereocenters. The van der Waals surface area contributed by atoms with E-state index >= 15 is 0 Å². The molecule has 238 valence electrons. The zero-order valence-corrected chi connectivity index (χ0v) is 26.3. The highest BCUT2D eigenvalue weighted by atomic mass is 32.2. The van der Waals surface area contributed by atoms with E-state index in [9.17, 15) is 31.5 Å². The van der Waals surface area contributed by atoms with Crippen molar-refractivity contribution in [2.45, 2.75) is 36.2 Å². The smallest absolute Gasteiger partial charge is 0.390 e. The fourth-order valence-electron chi connectivity index (χ4n) is 4.81. The minimum atomic E-state index is -4.46. The van der Waals surface area contributed by atoms with Crippen molar-refractivity contribution in [1.29, 1.82) is 0 Å². The van der Waals surface area contributed by atoms with Crippen LogP contribution in [0.5, 0.6) is 0 Å². The zero-order chi connectivity index (χ0) is 32.6. The van der Waals surface area contributed by atoms with E-state index in [4.69, 9.17) is 0 Å². The van der Waals surface area contributed by atoms with Gasteiger partial charge in [-0.3, -0.25) is 4.79 Å². The second-order valence-corrected chi connectivity index (χ2v) is 13.2. The Morgan fingerprint density at radius 2 is 1.53 bits per heavy atom. The van der Waals surface area contributed by atoms with Gasteiger partial charge in [0.1, 0.15) is 0 Å². The Bertz CT molecular complexity index is 1690. The third kappa shape index (κ3) is 9.57. The summed E-state index contributed by atoms with van der Waals surface area (Å²) in [5.41, 5.74) is 1.38. The Labute approximate surface area is 265 Å². The first-order chi connectivity index (χ1) is 21.3. The molecular weight excluding hydrogens is 624 g/mol. The van der Waals surface area contributed by atoms with Gasteiger partial charge >= 0.3 is 6.18 Å². The minimum absolute atomic E-state index is 0.0139. The largest absolute Gasteiger partial charge is 0.416 e.